The molecule has 0 unspecified atom stereocenters. The molecule has 0 radical (unpaired) electrons. The van der Waals surface area contributed by atoms with E-state index in [-0.39, 0.29) is 23.0 Å². The van der Waals surface area contributed by atoms with Crippen LogP contribution < -0.4 is 18.9 Å². The van der Waals surface area contributed by atoms with E-state index in [0.717, 1.165) is 36.8 Å². The number of unbranched alkanes of at least 4 members (excludes halogenated alkanes) is 10. The van der Waals surface area contributed by atoms with Gasteiger partial charge in [-0.3, -0.25) is 0 Å². The summed E-state index contributed by atoms with van der Waals surface area (Å²) in [4.78, 5) is 26.2. The van der Waals surface area contributed by atoms with Crippen LogP contribution in [0, 0.1) is 18.6 Å². The summed E-state index contributed by atoms with van der Waals surface area (Å²) in [6.45, 7) is 7.09. The minimum Gasteiger partial charge on any atom is -0.491 e. The predicted octanol–water partition coefficient (Wildman–Crippen LogP) is 14.5. The van der Waals surface area contributed by atoms with Crippen molar-refractivity contribution in [2.45, 2.75) is 97.8 Å². The van der Waals surface area contributed by atoms with E-state index in [2.05, 4.69) is 13.8 Å². The minimum atomic E-state index is -0.570. The molecule has 0 bridgehead atoms. The van der Waals surface area contributed by atoms with Gasteiger partial charge in [-0.15, -0.1) is 0 Å². The maximum absolute atomic E-state index is 14.7. The molecule has 0 amide bonds. The van der Waals surface area contributed by atoms with E-state index in [1.54, 1.807) is 97.9 Å². The summed E-state index contributed by atoms with van der Waals surface area (Å²) in [6.07, 6.45) is 21.0. The zero-order valence-corrected chi connectivity index (χ0v) is 35.7. The van der Waals surface area contributed by atoms with Gasteiger partial charge in [0.05, 0.1) is 24.3 Å². The molecule has 0 N–H and O–H groups in total. The van der Waals surface area contributed by atoms with Gasteiger partial charge >= 0.3 is 11.9 Å². The van der Waals surface area contributed by atoms with Gasteiger partial charge in [0.1, 0.15) is 11.5 Å². The molecule has 5 aromatic rings. The average Bonchev–Trinajstić information content (AvgIpc) is 3.27. The highest BCUT2D eigenvalue weighted by atomic mass is 19.1. The molecule has 5 aromatic carbocycles. The summed E-state index contributed by atoms with van der Waals surface area (Å²) in [5.41, 5.74) is 4.17. The Morgan fingerprint density at radius 1 is 0.459 bits per heavy atom. The van der Waals surface area contributed by atoms with Crippen LogP contribution in [0.25, 0.3) is 24.3 Å². The Labute approximate surface area is 360 Å². The fraction of sp³-hybridized carbons (Fsp3) is 0.321. The second-order valence-electron chi connectivity index (χ2n) is 15.2. The first-order valence-corrected chi connectivity index (χ1v) is 21.7. The van der Waals surface area contributed by atoms with Crippen molar-refractivity contribution in [3.05, 3.63) is 154 Å². The van der Waals surface area contributed by atoms with E-state index in [9.17, 15) is 18.4 Å². The topological polar surface area (TPSA) is 71.1 Å². The summed E-state index contributed by atoms with van der Waals surface area (Å²) in [7, 11) is 0. The van der Waals surface area contributed by atoms with Crippen LogP contribution >= 0.6 is 0 Å². The summed E-state index contributed by atoms with van der Waals surface area (Å²) in [5, 5.41) is 0. The molecule has 0 atom stereocenters. The van der Waals surface area contributed by atoms with Crippen LogP contribution in [0.3, 0.4) is 0 Å². The number of rotatable bonds is 24. The fourth-order valence-electron chi connectivity index (χ4n) is 6.58. The molecule has 0 aliphatic carbocycles. The lowest BCUT2D eigenvalue weighted by atomic mass is 10.1. The van der Waals surface area contributed by atoms with Crippen LogP contribution in [0.2, 0.25) is 0 Å². The zero-order valence-electron chi connectivity index (χ0n) is 35.7. The standard InChI is InChI=1S/C53H58F2O6/c1-4-6-8-10-12-14-35-58-50-33-27-42(37-46(50)54)21-19-40-23-29-44(30-24-40)52(56)60-48-17-16-18-49(39(48)3)61-53(57)45-31-25-41(26-32-45)20-22-43-28-34-51(47(55)38-43)59-36-15-13-11-9-7-5-2/h16-34,37-38H,4-15,35-36H2,1-3H3/b21-19+,22-20+. The highest BCUT2D eigenvalue weighted by molar-refractivity contribution is 5.93. The van der Waals surface area contributed by atoms with E-state index in [0.29, 0.717) is 41.0 Å². The largest absolute Gasteiger partial charge is 0.491 e. The minimum absolute atomic E-state index is 0.255. The summed E-state index contributed by atoms with van der Waals surface area (Å²) in [5.74, 6) is -0.914. The van der Waals surface area contributed by atoms with Gasteiger partial charge < -0.3 is 18.9 Å². The Balaban J connectivity index is 1.08. The van der Waals surface area contributed by atoms with Crippen molar-refractivity contribution < 1.29 is 37.3 Å². The first-order chi connectivity index (χ1) is 29.7. The SMILES string of the molecule is CCCCCCCCOc1ccc(/C=C/c2ccc(C(=O)Oc3cccc(OC(=O)c4ccc(/C=C/c5ccc(OCCCCCCCC)c(F)c5)cc4)c3C)cc2)cc1F. The number of hydrogen-bond acceptors (Lipinski definition) is 6. The molecule has 0 saturated carbocycles. The lowest BCUT2D eigenvalue weighted by molar-refractivity contribution is 0.0730. The first-order valence-electron chi connectivity index (χ1n) is 21.7. The van der Waals surface area contributed by atoms with Crippen LogP contribution in [0.1, 0.15) is 139 Å². The van der Waals surface area contributed by atoms with Crippen LogP contribution in [0.15, 0.2) is 103 Å². The Hall–Kier alpha value is -6.02. The van der Waals surface area contributed by atoms with Crippen LogP contribution in [0.4, 0.5) is 8.78 Å². The van der Waals surface area contributed by atoms with E-state index in [4.69, 9.17) is 18.9 Å². The molecule has 5 rings (SSSR count). The number of carbonyl (C=O) groups is 2. The third-order valence-corrected chi connectivity index (χ3v) is 10.3. The summed E-state index contributed by atoms with van der Waals surface area (Å²) in [6, 6.07) is 28.5. The molecule has 6 nitrogen and oxygen atoms in total. The Morgan fingerprint density at radius 2 is 0.820 bits per heavy atom. The molecule has 61 heavy (non-hydrogen) atoms. The zero-order chi connectivity index (χ0) is 43.2. The van der Waals surface area contributed by atoms with E-state index >= 15 is 0 Å². The normalized spacial score (nSPS) is 11.3. The highest BCUT2D eigenvalue weighted by Crippen LogP contribution is 2.29. The number of benzene rings is 5. The molecule has 0 saturated heterocycles. The van der Waals surface area contributed by atoms with Gasteiger partial charge in [0.25, 0.3) is 0 Å². The first kappa shape index (κ1) is 46.1. The fourth-order valence-corrected chi connectivity index (χ4v) is 6.58. The Kier molecular flexibility index (Phi) is 18.8. The van der Waals surface area contributed by atoms with Gasteiger partial charge in [-0.25, -0.2) is 18.4 Å². The number of carbonyl (C=O) groups excluding carboxylic acids is 2. The van der Waals surface area contributed by atoms with Crippen molar-refractivity contribution >= 4 is 36.2 Å². The quantitative estimate of drug-likeness (QED) is 0.0267. The van der Waals surface area contributed by atoms with E-state index < -0.39 is 23.6 Å². The molecule has 320 valence electrons. The van der Waals surface area contributed by atoms with Crippen molar-refractivity contribution in [3.8, 4) is 23.0 Å². The molecule has 0 fully saturated rings. The maximum atomic E-state index is 14.7. The van der Waals surface area contributed by atoms with Crippen molar-refractivity contribution in [1.82, 2.24) is 0 Å². The van der Waals surface area contributed by atoms with Crippen LogP contribution in [0.5, 0.6) is 23.0 Å². The average molecular weight is 829 g/mol. The molecule has 0 heterocycles. The van der Waals surface area contributed by atoms with Gasteiger partial charge in [-0.05, 0) is 103 Å². The maximum Gasteiger partial charge on any atom is 0.343 e. The second kappa shape index (κ2) is 24.9. The summed E-state index contributed by atoms with van der Waals surface area (Å²) < 4.78 is 52.0. The third-order valence-electron chi connectivity index (χ3n) is 10.3. The lowest BCUT2D eigenvalue weighted by Gasteiger charge is -2.12. The Morgan fingerprint density at radius 3 is 1.21 bits per heavy atom. The molecular formula is C53H58F2O6. The predicted molar refractivity (Wildman–Crippen MR) is 242 cm³/mol. The molecular weight excluding hydrogens is 771 g/mol. The van der Waals surface area contributed by atoms with E-state index in [1.807, 2.05) is 24.3 Å². The number of esters is 2. The smallest absolute Gasteiger partial charge is 0.343 e. The number of halogens is 2. The number of ether oxygens (including phenoxy) is 4. The van der Waals surface area contributed by atoms with Gasteiger partial charge in [-0.1, -0.05) is 145 Å². The van der Waals surface area contributed by atoms with Crippen molar-refractivity contribution in [2.24, 2.45) is 0 Å². The van der Waals surface area contributed by atoms with Crippen molar-refractivity contribution in [1.29, 1.82) is 0 Å². The number of hydrogen-bond donors (Lipinski definition) is 0. The molecule has 0 aliphatic heterocycles. The second-order valence-corrected chi connectivity index (χ2v) is 15.2. The van der Waals surface area contributed by atoms with Gasteiger partial charge in [0.15, 0.2) is 23.1 Å². The van der Waals surface area contributed by atoms with Gasteiger partial charge in [0, 0.05) is 5.56 Å². The van der Waals surface area contributed by atoms with Gasteiger partial charge in [-0.2, -0.15) is 0 Å². The highest BCUT2D eigenvalue weighted by Gasteiger charge is 2.16. The Bertz CT molecular complexity index is 2050. The van der Waals surface area contributed by atoms with Crippen LogP contribution in [-0.4, -0.2) is 25.2 Å². The van der Waals surface area contributed by atoms with Gasteiger partial charge in [0.2, 0.25) is 0 Å². The molecule has 0 aromatic heterocycles. The molecule has 0 spiro atoms. The monoisotopic (exact) mass is 828 g/mol. The third kappa shape index (κ3) is 15.2. The molecule has 0 aliphatic rings. The van der Waals surface area contributed by atoms with Crippen LogP contribution in [-0.2, 0) is 0 Å². The van der Waals surface area contributed by atoms with Crippen molar-refractivity contribution in [3.63, 3.8) is 0 Å². The lowest BCUT2D eigenvalue weighted by Crippen LogP contribution is -2.12. The summed E-state index contributed by atoms with van der Waals surface area (Å²) >= 11 is 0. The van der Waals surface area contributed by atoms with Crippen molar-refractivity contribution in [2.75, 3.05) is 13.2 Å². The molecule has 8 heteroatoms. The van der Waals surface area contributed by atoms with E-state index in [1.165, 1.54) is 63.5 Å².